The molecule has 0 spiro atoms. The first-order valence-corrected chi connectivity index (χ1v) is 6.14. The molecule has 17 heavy (non-hydrogen) atoms. The molecule has 0 radical (unpaired) electrons. The Labute approximate surface area is 102 Å². The largest absolute Gasteiger partial charge is 0.372 e. The molecular formula is C13H19N3O. The second kappa shape index (κ2) is 5.68. The number of nitrogens with one attached hydrogen (secondary N) is 1. The summed E-state index contributed by atoms with van der Waals surface area (Å²) >= 11 is 0. The van der Waals surface area contributed by atoms with Crippen molar-refractivity contribution < 1.29 is 4.79 Å². The van der Waals surface area contributed by atoms with Crippen LogP contribution in [0.2, 0.25) is 0 Å². The first-order valence-electron chi connectivity index (χ1n) is 6.14. The minimum Gasteiger partial charge on any atom is -0.372 e. The highest BCUT2D eigenvalue weighted by Crippen LogP contribution is 2.21. The molecular weight excluding hydrogens is 214 g/mol. The van der Waals surface area contributed by atoms with Crippen LogP contribution in [0.15, 0.2) is 24.3 Å². The fourth-order valence-corrected chi connectivity index (χ4v) is 2.12. The fraction of sp³-hybridized carbons (Fsp3) is 0.462. The Morgan fingerprint density at radius 2 is 1.82 bits per heavy atom. The Morgan fingerprint density at radius 3 is 2.41 bits per heavy atom. The van der Waals surface area contributed by atoms with Crippen molar-refractivity contribution in [3.8, 4) is 0 Å². The molecule has 92 valence electrons. The van der Waals surface area contributed by atoms with Gasteiger partial charge in [-0.25, -0.2) is 0 Å². The molecule has 0 saturated carbocycles. The van der Waals surface area contributed by atoms with E-state index in [-0.39, 0.29) is 12.5 Å². The molecule has 1 saturated heterocycles. The minimum absolute atomic E-state index is 0.0217. The van der Waals surface area contributed by atoms with Gasteiger partial charge in [0.25, 0.3) is 0 Å². The van der Waals surface area contributed by atoms with Crippen LogP contribution in [-0.2, 0) is 4.79 Å². The third-order valence-corrected chi connectivity index (χ3v) is 3.06. The summed E-state index contributed by atoms with van der Waals surface area (Å²) < 4.78 is 0. The average Bonchev–Trinajstić information content (AvgIpc) is 2.40. The third kappa shape index (κ3) is 3.20. The maximum Gasteiger partial charge on any atom is 0.238 e. The van der Waals surface area contributed by atoms with Gasteiger partial charge in [-0.3, -0.25) is 4.79 Å². The van der Waals surface area contributed by atoms with Crippen LogP contribution in [0.5, 0.6) is 0 Å². The van der Waals surface area contributed by atoms with E-state index >= 15 is 0 Å². The van der Waals surface area contributed by atoms with Gasteiger partial charge >= 0.3 is 0 Å². The quantitative estimate of drug-likeness (QED) is 0.833. The summed E-state index contributed by atoms with van der Waals surface area (Å²) in [5.74, 6) is -0.157. The van der Waals surface area contributed by atoms with Crippen molar-refractivity contribution in [2.45, 2.75) is 19.3 Å². The molecule has 2 rings (SSSR count). The summed E-state index contributed by atoms with van der Waals surface area (Å²) in [5, 5.41) is 2.74. The molecule has 1 aliphatic rings. The van der Waals surface area contributed by atoms with E-state index < -0.39 is 0 Å². The number of amides is 1. The lowest BCUT2D eigenvalue weighted by Gasteiger charge is -2.28. The Morgan fingerprint density at radius 1 is 1.18 bits per heavy atom. The lowest BCUT2D eigenvalue weighted by molar-refractivity contribution is -0.114. The van der Waals surface area contributed by atoms with Gasteiger partial charge in [-0.1, -0.05) is 0 Å². The van der Waals surface area contributed by atoms with Crippen LogP contribution in [0.25, 0.3) is 0 Å². The fourth-order valence-electron chi connectivity index (χ4n) is 2.12. The maximum absolute atomic E-state index is 11.1. The topological polar surface area (TPSA) is 58.4 Å². The highest BCUT2D eigenvalue weighted by atomic mass is 16.1. The molecule has 0 unspecified atom stereocenters. The van der Waals surface area contributed by atoms with E-state index in [0.29, 0.717) is 0 Å². The van der Waals surface area contributed by atoms with Crippen molar-refractivity contribution >= 4 is 17.3 Å². The van der Waals surface area contributed by atoms with E-state index in [2.05, 4.69) is 22.3 Å². The highest BCUT2D eigenvalue weighted by molar-refractivity contribution is 5.92. The van der Waals surface area contributed by atoms with Crippen LogP contribution >= 0.6 is 0 Å². The molecule has 1 aliphatic heterocycles. The Hall–Kier alpha value is -1.55. The molecule has 0 atom stereocenters. The number of carbonyl (C=O) groups excluding carboxylic acids is 1. The van der Waals surface area contributed by atoms with E-state index in [1.165, 1.54) is 24.9 Å². The van der Waals surface area contributed by atoms with E-state index in [9.17, 15) is 4.79 Å². The number of anilines is 2. The summed E-state index contributed by atoms with van der Waals surface area (Å²) in [6, 6.07) is 7.96. The lowest BCUT2D eigenvalue weighted by atomic mass is 10.1. The van der Waals surface area contributed by atoms with Gasteiger partial charge in [0.05, 0.1) is 6.54 Å². The van der Waals surface area contributed by atoms with E-state index in [1.54, 1.807) is 0 Å². The number of benzene rings is 1. The van der Waals surface area contributed by atoms with Gasteiger partial charge in [0.15, 0.2) is 0 Å². The van der Waals surface area contributed by atoms with Crippen LogP contribution in [0, 0.1) is 0 Å². The summed E-state index contributed by atoms with van der Waals surface area (Å²) in [5.41, 5.74) is 7.28. The predicted molar refractivity (Wildman–Crippen MR) is 70.2 cm³/mol. The number of carbonyl (C=O) groups is 1. The molecule has 1 amide bonds. The van der Waals surface area contributed by atoms with Crippen molar-refractivity contribution in [1.29, 1.82) is 0 Å². The van der Waals surface area contributed by atoms with Gasteiger partial charge in [0, 0.05) is 24.5 Å². The molecule has 1 heterocycles. The number of hydrogen-bond acceptors (Lipinski definition) is 3. The first-order chi connectivity index (χ1) is 8.29. The third-order valence-electron chi connectivity index (χ3n) is 3.06. The van der Waals surface area contributed by atoms with Gasteiger partial charge in [-0.15, -0.1) is 0 Å². The van der Waals surface area contributed by atoms with Gasteiger partial charge < -0.3 is 16.0 Å². The Kier molecular flexibility index (Phi) is 3.98. The van der Waals surface area contributed by atoms with E-state index in [0.717, 1.165) is 18.8 Å². The number of hydrogen-bond donors (Lipinski definition) is 2. The second-order valence-corrected chi connectivity index (χ2v) is 4.35. The number of piperidine rings is 1. The number of nitrogens with two attached hydrogens (primary N) is 1. The second-order valence-electron chi connectivity index (χ2n) is 4.35. The van der Waals surface area contributed by atoms with Crippen LogP contribution in [-0.4, -0.2) is 25.5 Å². The molecule has 3 N–H and O–H groups in total. The summed E-state index contributed by atoms with van der Waals surface area (Å²) in [6.07, 6.45) is 3.87. The number of rotatable bonds is 3. The van der Waals surface area contributed by atoms with Crippen molar-refractivity contribution in [1.82, 2.24) is 0 Å². The minimum atomic E-state index is -0.157. The zero-order valence-corrected chi connectivity index (χ0v) is 9.98. The normalized spacial score (nSPS) is 15.7. The van der Waals surface area contributed by atoms with Crippen molar-refractivity contribution in [2.75, 3.05) is 29.9 Å². The summed E-state index contributed by atoms with van der Waals surface area (Å²) in [7, 11) is 0. The van der Waals surface area contributed by atoms with Crippen LogP contribution < -0.4 is 16.0 Å². The Balaban J connectivity index is 1.99. The average molecular weight is 233 g/mol. The SMILES string of the molecule is NCC(=O)Nc1ccc(N2CCCCC2)cc1. The van der Waals surface area contributed by atoms with Gasteiger partial charge in [0.2, 0.25) is 5.91 Å². The van der Waals surface area contributed by atoms with Crippen LogP contribution in [0.3, 0.4) is 0 Å². The zero-order chi connectivity index (χ0) is 12.1. The molecule has 1 aromatic carbocycles. The van der Waals surface area contributed by atoms with Gasteiger partial charge in [-0.2, -0.15) is 0 Å². The Bertz CT molecular complexity index is 369. The summed E-state index contributed by atoms with van der Waals surface area (Å²) in [4.78, 5) is 13.5. The number of nitrogens with zero attached hydrogens (tertiary/aromatic N) is 1. The van der Waals surface area contributed by atoms with Crippen molar-refractivity contribution in [3.63, 3.8) is 0 Å². The monoisotopic (exact) mass is 233 g/mol. The smallest absolute Gasteiger partial charge is 0.238 e. The highest BCUT2D eigenvalue weighted by Gasteiger charge is 2.10. The molecule has 1 aromatic rings. The van der Waals surface area contributed by atoms with Crippen molar-refractivity contribution in [2.24, 2.45) is 5.73 Å². The molecule has 0 bridgehead atoms. The predicted octanol–water partition coefficient (Wildman–Crippen LogP) is 1.57. The first kappa shape index (κ1) is 11.9. The van der Waals surface area contributed by atoms with E-state index in [1.807, 2.05) is 12.1 Å². The van der Waals surface area contributed by atoms with Gasteiger partial charge in [-0.05, 0) is 43.5 Å². The molecule has 0 aromatic heterocycles. The lowest BCUT2D eigenvalue weighted by Crippen LogP contribution is -2.29. The molecule has 4 nitrogen and oxygen atoms in total. The van der Waals surface area contributed by atoms with E-state index in [4.69, 9.17) is 5.73 Å². The zero-order valence-electron chi connectivity index (χ0n) is 9.98. The molecule has 1 fully saturated rings. The summed E-state index contributed by atoms with van der Waals surface area (Å²) in [6.45, 7) is 2.29. The molecule has 4 heteroatoms. The van der Waals surface area contributed by atoms with Crippen LogP contribution in [0.4, 0.5) is 11.4 Å². The van der Waals surface area contributed by atoms with Crippen LogP contribution in [0.1, 0.15) is 19.3 Å². The van der Waals surface area contributed by atoms with Gasteiger partial charge in [0.1, 0.15) is 0 Å². The standard InChI is InChI=1S/C13H19N3O/c14-10-13(17)15-11-4-6-12(7-5-11)16-8-2-1-3-9-16/h4-7H,1-3,8-10,14H2,(H,15,17). The molecule has 0 aliphatic carbocycles. The maximum atomic E-state index is 11.1. The van der Waals surface area contributed by atoms with Crippen molar-refractivity contribution in [3.05, 3.63) is 24.3 Å².